The van der Waals surface area contributed by atoms with Gasteiger partial charge < -0.3 is 19.9 Å². The lowest BCUT2D eigenvalue weighted by atomic mass is 9.77. The van der Waals surface area contributed by atoms with Crippen molar-refractivity contribution in [1.82, 2.24) is 19.9 Å². The molecule has 2 saturated heterocycles. The van der Waals surface area contributed by atoms with E-state index in [2.05, 4.69) is 20.3 Å². The SMILES string of the molecule is CC(C)(C)OC(=O)N1CCC2(CC1)CCN(c1cncc(Nc3ncc(Cl)c(-c4ccc(Cl)cc4)n3)c1)C2=O. The van der Waals surface area contributed by atoms with Crippen molar-refractivity contribution in [3.05, 3.63) is 59.0 Å². The molecule has 5 rings (SSSR count). The number of carbonyl (C=O) groups is 2. The number of hydrogen-bond acceptors (Lipinski definition) is 7. The summed E-state index contributed by atoms with van der Waals surface area (Å²) in [6.07, 6.45) is 6.49. The van der Waals surface area contributed by atoms with E-state index in [0.717, 1.165) is 12.0 Å². The molecule has 0 bridgehead atoms. The van der Waals surface area contributed by atoms with Crippen molar-refractivity contribution in [2.45, 2.75) is 45.6 Å². The maximum atomic E-state index is 13.6. The van der Waals surface area contributed by atoms with Gasteiger partial charge in [0, 0.05) is 30.2 Å². The van der Waals surface area contributed by atoms with Crippen LogP contribution in [0.3, 0.4) is 0 Å². The standard InChI is InChI=1S/C28H30Cl2N6O3/c1-27(2,3)39-26(38)35-11-8-28(9-12-35)10-13-36(24(28)37)21-14-20(15-31-16-21)33-25-32-17-22(30)23(34-25)18-4-6-19(29)7-5-18/h4-7,14-17H,8-13H2,1-3H3,(H,32,33,34). The van der Waals surface area contributed by atoms with Crippen LogP contribution >= 0.6 is 23.2 Å². The molecule has 1 spiro atoms. The van der Waals surface area contributed by atoms with E-state index >= 15 is 0 Å². The Morgan fingerprint density at radius 3 is 2.41 bits per heavy atom. The quantitative estimate of drug-likeness (QED) is 0.391. The van der Waals surface area contributed by atoms with E-state index in [9.17, 15) is 9.59 Å². The van der Waals surface area contributed by atoms with Crippen LogP contribution < -0.4 is 10.2 Å². The molecule has 2 fully saturated rings. The smallest absolute Gasteiger partial charge is 0.410 e. The third-order valence-electron chi connectivity index (χ3n) is 7.04. The van der Waals surface area contributed by atoms with Gasteiger partial charge in [0.1, 0.15) is 5.60 Å². The molecule has 2 amide bonds. The van der Waals surface area contributed by atoms with Crippen molar-refractivity contribution in [2.75, 3.05) is 29.9 Å². The molecule has 0 aliphatic carbocycles. The van der Waals surface area contributed by atoms with Crippen molar-refractivity contribution in [2.24, 2.45) is 5.41 Å². The number of nitrogens with zero attached hydrogens (tertiary/aromatic N) is 5. The van der Waals surface area contributed by atoms with Crippen LogP contribution in [0.5, 0.6) is 0 Å². The average Bonchev–Trinajstić information content (AvgIpc) is 3.20. The fourth-order valence-corrected chi connectivity index (χ4v) is 5.31. The molecule has 0 saturated carbocycles. The first-order chi connectivity index (χ1) is 18.5. The van der Waals surface area contributed by atoms with Gasteiger partial charge in [-0.3, -0.25) is 9.78 Å². The molecule has 11 heteroatoms. The van der Waals surface area contributed by atoms with Gasteiger partial charge in [-0.2, -0.15) is 0 Å². The third kappa shape index (κ3) is 5.94. The van der Waals surface area contributed by atoms with Crippen LogP contribution in [0.4, 0.5) is 22.1 Å². The van der Waals surface area contributed by atoms with Crippen LogP contribution in [0.15, 0.2) is 48.9 Å². The first-order valence-electron chi connectivity index (χ1n) is 12.8. The van der Waals surface area contributed by atoms with Gasteiger partial charge in [0.25, 0.3) is 0 Å². The van der Waals surface area contributed by atoms with Gasteiger partial charge in [-0.25, -0.2) is 14.8 Å². The number of ether oxygens (including phenoxy) is 1. The first-order valence-corrected chi connectivity index (χ1v) is 13.6. The summed E-state index contributed by atoms with van der Waals surface area (Å²) >= 11 is 12.4. The molecule has 0 atom stereocenters. The Kier molecular flexibility index (Phi) is 7.39. The van der Waals surface area contributed by atoms with Crippen molar-refractivity contribution in [1.29, 1.82) is 0 Å². The molecule has 1 aromatic carbocycles. The molecule has 204 valence electrons. The first kappa shape index (κ1) is 27.1. The zero-order valence-electron chi connectivity index (χ0n) is 22.1. The summed E-state index contributed by atoms with van der Waals surface area (Å²) in [5.74, 6) is 0.417. The van der Waals surface area contributed by atoms with E-state index in [1.165, 1.54) is 6.20 Å². The van der Waals surface area contributed by atoms with Gasteiger partial charge in [-0.1, -0.05) is 35.3 Å². The molecule has 2 aliphatic rings. The Balaban J connectivity index is 1.27. The third-order valence-corrected chi connectivity index (χ3v) is 7.57. The highest BCUT2D eigenvalue weighted by Crippen LogP contribution is 2.43. The number of pyridine rings is 1. The Hall–Kier alpha value is -3.43. The molecule has 2 aromatic heterocycles. The van der Waals surface area contributed by atoms with Gasteiger partial charge in [-0.05, 0) is 58.2 Å². The van der Waals surface area contributed by atoms with Gasteiger partial charge in [0.15, 0.2) is 0 Å². The number of aromatic nitrogens is 3. The second-order valence-electron chi connectivity index (χ2n) is 10.9. The lowest BCUT2D eigenvalue weighted by Crippen LogP contribution is -2.48. The Bertz CT molecular complexity index is 1380. The number of anilines is 3. The van der Waals surface area contributed by atoms with Crippen LogP contribution in [-0.4, -0.2) is 57.1 Å². The number of likely N-dealkylation sites (tertiary alicyclic amines) is 1. The second kappa shape index (κ2) is 10.6. The van der Waals surface area contributed by atoms with Crippen molar-refractivity contribution < 1.29 is 14.3 Å². The molecule has 2 aliphatic heterocycles. The van der Waals surface area contributed by atoms with Crippen LogP contribution in [-0.2, 0) is 9.53 Å². The second-order valence-corrected chi connectivity index (χ2v) is 11.8. The molecule has 1 N–H and O–H groups in total. The number of piperidine rings is 1. The van der Waals surface area contributed by atoms with Crippen LogP contribution in [0, 0.1) is 5.41 Å². The summed E-state index contributed by atoms with van der Waals surface area (Å²) in [4.78, 5) is 42.8. The summed E-state index contributed by atoms with van der Waals surface area (Å²) in [5, 5.41) is 4.21. The van der Waals surface area contributed by atoms with E-state index < -0.39 is 11.0 Å². The predicted molar refractivity (Wildman–Crippen MR) is 151 cm³/mol. The van der Waals surface area contributed by atoms with Crippen molar-refractivity contribution in [3.63, 3.8) is 0 Å². The number of rotatable bonds is 4. The molecule has 3 aromatic rings. The van der Waals surface area contributed by atoms with E-state index in [4.69, 9.17) is 27.9 Å². The topological polar surface area (TPSA) is 101 Å². The maximum Gasteiger partial charge on any atom is 0.410 e. The Labute approximate surface area is 237 Å². The largest absolute Gasteiger partial charge is 0.444 e. The number of halogens is 2. The number of amides is 2. The Morgan fingerprint density at radius 2 is 1.72 bits per heavy atom. The monoisotopic (exact) mass is 568 g/mol. The highest BCUT2D eigenvalue weighted by atomic mass is 35.5. The lowest BCUT2D eigenvalue weighted by molar-refractivity contribution is -0.128. The predicted octanol–water partition coefficient (Wildman–Crippen LogP) is 6.34. The number of nitrogens with one attached hydrogen (secondary N) is 1. The van der Waals surface area contributed by atoms with Gasteiger partial charge >= 0.3 is 6.09 Å². The minimum Gasteiger partial charge on any atom is -0.444 e. The van der Waals surface area contributed by atoms with Crippen LogP contribution in [0.25, 0.3) is 11.3 Å². The molecule has 4 heterocycles. The summed E-state index contributed by atoms with van der Waals surface area (Å²) in [5.41, 5.74) is 1.70. The zero-order chi connectivity index (χ0) is 27.8. The fourth-order valence-electron chi connectivity index (χ4n) is 4.99. The maximum absolute atomic E-state index is 13.6. The van der Waals surface area contributed by atoms with E-state index in [1.54, 1.807) is 34.3 Å². The average molecular weight is 569 g/mol. The molecule has 0 radical (unpaired) electrons. The molecular formula is C28H30Cl2N6O3. The highest BCUT2D eigenvalue weighted by Gasteiger charge is 2.49. The summed E-state index contributed by atoms with van der Waals surface area (Å²) in [6.45, 7) is 7.14. The van der Waals surface area contributed by atoms with Crippen LogP contribution in [0.2, 0.25) is 10.0 Å². The van der Waals surface area contributed by atoms with Gasteiger partial charge in [-0.15, -0.1) is 0 Å². The summed E-state index contributed by atoms with van der Waals surface area (Å²) < 4.78 is 5.50. The van der Waals surface area contributed by atoms with E-state index in [-0.39, 0.29) is 12.0 Å². The number of benzene rings is 1. The van der Waals surface area contributed by atoms with Crippen LogP contribution in [0.1, 0.15) is 40.0 Å². The molecule has 39 heavy (non-hydrogen) atoms. The molecule has 9 nitrogen and oxygen atoms in total. The van der Waals surface area contributed by atoms with Crippen molar-refractivity contribution >= 4 is 52.5 Å². The van der Waals surface area contributed by atoms with Gasteiger partial charge in [0.05, 0.1) is 46.1 Å². The lowest BCUT2D eigenvalue weighted by Gasteiger charge is -2.38. The summed E-state index contributed by atoms with van der Waals surface area (Å²) in [6, 6.07) is 9.10. The molecule has 0 unspecified atom stereocenters. The number of hydrogen-bond donors (Lipinski definition) is 1. The number of carbonyl (C=O) groups excluding carboxylic acids is 2. The highest BCUT2D eigenvalue weighted by molar-refractivity contribution is 6.33. The Morgan fingerprint density at radius 1 is 1.03 bits per heavy atom. The molecular weight excluding hydrogens is 539 g/mol. The summed E-state index contributed by atoms with van der Waals surface area (Å²) in [7, 11) is 0. The normalized spacial score (nSPS) is 17.0. The zero-order valence-corrected chi connectivity index (χ0v) is 23.6. The van der Waals surface area contributed by atoms with Crippen molar-refractivity contribution in [3.8, 4) is 11.3 Å². The van der Waals surface area contributed by atoms with E-state index in [1.807, 2.05) is 39.0 Å². The fraction of sp³-hybridized carbons (Fsp3) is 0.393. The van der Waals surface area contributed by atoms with E-state index in [0.29, 0.717) is 65.5 Å². The van der Waals surface area contributed by atoms with Gasteiger partial charge in [0.2, 0.25) is 11.9 Å². The minimum atomic E-state index is -0.549. The minimum absolute atomic E-state index is 0.0676.